The van der Waals surface area contributed by atoms with Gasteiger partial charge >= 0.3 is 5.91 Å². The summed E-state index contributed by atoms with van der Waals surface area (Å²) >= 11 is 0. The molecular weight excluding hydrogens is 266 g/mol. The summed E-state index contributed by atoms with van der Waals surface area (Å²) in [5, 5.41) is 5.08. The Morgan fingerprint density at radius 2 is 2.10 bits per heavy atom. The van der Waals surface area contributed by atoms with Crippen molar-refractivity contribution >= 4 is 23.0 Å². The fraction of sp³-hybridized carbons (Fsp3) is 0.125. The van der Waals surface area contributed by atoms with Crippen molar-refractivity contribution in [3.63, 3.8) is 0 Å². The Labute approximate surface area is 121 Å². The van der Waals surface area contributed by atoms with E-state index in [4.69, 9.17) is 4.42 Å². The van der Waals surface area contributed by atoms with Crippen molar-refractivity contribution in [1.82, 2.24) is 9.99 Å². The first-order valence-corrected chi connectivity index (χ1v) is 6.59. The number of aromatic nitrogens is 1. The molecule has 106 valence electrons. The lowest BCUT2D eigenvalue weighted by atomic mass is 10.2. The van der Waals surface area contributed by atoms with E-state index in [9.17, 15) is 4.79 Å². The number of furan rings is 1. The quantitative estimate of drug-likeness (QED) is 0.593. The molecule has 0 spiro atoms. The molecule has 2 aromatic heterocycles. The van der Waals surface area contributed by atoms with Crippen molar-refractivity contribution in [3.05, 3.63) is 59.7 Å². The number of rotatable bonds is 3. The second kappa shape index (κ2) is 5.28. The zero-order valence-corrected chi connectivity index (χ0v) is 11.8. The highest BCUT2D eigenvalue weighted by molar-refractivity contribution is 6.00. The lowest BCUT2D eigenvalue weighted by Crippen LogP contribution is -2.16. The first-order chi connectivity index (χ1) is 10.1. The maximum absolute atomic E-state index is 11.8. The van der Waals surface area contributed by atoms with Gasteiger partial charge in [-0.05, 0) is 25.1 Å². The first-order valence-electron chi connectivity index (χ1n) is 6.59. The molecular formula is C16H15N3O2. The fourth-order valence-corrected chi connectivity index (χ4v) is 2.25. The standard InChI is InChI=1S/C16H15N3O2/c1-11-7-8-15(21-11)16(20)18-17-9-12-10-19(2)14-6-4-3-5-13(12)14/h3-10H,1-2H3,(H,18,20)/b17-9-. The van der Waals surface area contributed by atoms with Crippen molar-refractivity contribution in [2.45, 2.75) is 6.92 Å². The number of aryl methyl sites for hydroxylation is 2. The van der Waals surface area contributed by atoms with E-state index >= 15 is 0 Å². The molecule has 1 aromatic carbocycles. The zero-order valence-electron chi connectivity index (χ0n) is 11.8. The molecule has 5 heteroatoms. The van der Waals surface area contributed by atoms with Crippen LogP contribution in [0, 0.1) is 6.92 Å². The molecule has 1 N–H and O–H groups in total. The minimum absolute atomic E-state index is 0.252. The molecule has 3 rings (SSSR count). The molecule has 0 saturated heterocycles. The van der Waals surface area contributed by atoms with E-state index in [1.807, 2.05) is 42.1 Å². The monoisotopic (exact) mass is 281 g/mol. The average molecular weight is 281 g/mol. The molecule has 0 fully saturated rings. The van der Waals surface area contributed by atoms with Gasteiger partial charge in [0, 0.05) is 29.7 Å². The Bertz CT molecular complexity index is 827. The molecule has 0 radical (unpaired) electrons. The second-order valence-electron chi connectivity index (χ2n) is 4.82. The molecule has 0 saturated carbocycles. The van der Waals surface area contributed by atoms with Crippen LogP contribution in [0.25, 0.3) is 10.9 Å². The number of fused-ring (bicyclic) bond motifs is 1. The van der Waals surface area contributed by atoms with E-state index in [-0.39, 0.29) is 11.7 Å². The normalized spacial score (nSPS) is 11.3. The number of nitrogens with one attached hydrogen (secondary N) is 1. The summed E-state index contributed by atoms with van der Waals surface area (Å²) in [6, 6.07) is 11.4. The van der Waals surface area contributed by atoms with Crippen LogP contribution in [0.3, 0.4) is 0 Å². The predicted octanol–water partition coefficient (Wildman–Crippen LogP) is 2.84. The van der Waals surface area contributed by atoms with Gasteiger partial charge in [0.2, 0.25) is 0 Å². The third-order valence-electron chi connectivity index (χ3n) is 3.26. The minimum atomic E-state index is -0.361. The summed E-state index contributed by atoms with van der Waals surface area (Å²) in [6.45, 7) is 1.79. The Balaban J connectivity index is 1.78. The smallest absolute Gasteiger partial charge is 0.307 e. The van der Waals surface area contributed by atoms with Crippen molar-refractivity contribution < 1.29 is 9.21 Å². The van der Waals surface area contributed by atoms with Crippen LogP contribution in [-0.2, 0) is 7.05 Å². The van der Waals surface area contributed by atoms with E-state index in [0.717, 1.165) is 16.5 Å². The Morgan fingerprint density at radius 3 is 2.86 bits per heavy atom. The van der Waals surface area contributed by atoms with Gasteiger partial charge in [-0.2, -0.15) is 5.10 Å². The highest BCUT2D eigenvalue weighted by Crippen LogP contribution is 2.18. The SMILES string of the molecule is Cc1ccc(C(=O)N/N=C\c2cn(C)c3ccccc23)o1. The van der Waals surface area contributed by atoms with Crippen LogP contribution in [0.15, 0.2) is 52.1 Å². The minimum Gasteiger partial charge on any atom is -0.456 e. The lowest BCUT2D eigenvalue weighted by molar-refractivity contribution is 0.0926. The van der Waals surface area contributed by atoms with Crippen LogP contribution in [0.5, 0.6) is 0 Å². The number of para-hydroxylation sites is 1. The maximum atomic E-state index is 11.8. The molecule has 21 heavy (non-hydrogen) atoms. The summed E-state index contributed by atoms with van der Waals surface area (Å²) in [7, 11) is 1.98. The van der Waals surface area contributed by atoms with Gasteiger partial charge in [0.05, 0.1) is 6.21 Å². The second-order valence-corrected chi connectivity index (χ2v) is 4.82. The topological polar surface area (TPSA) is 59.5 Å². The largest absolute Gasteiger partial charge is 0.456 e. The van der Waals surface area contributed by atoms with Gasteiger partial charge in [-0.1, -0.05) is 18.2 Å². The summed E-state index contributed by atoms with van der Waals surface area (Å²) in [5.41, 5.74) is 4.53. The third kappa shape index (κ3) is 2.58. The number of amides is 1. The van der Waals surface area contributed by atoms with E-state index in [0.29, 0.717) is 5.76 Å². The van der Waals surface area contributed by atoms with Gasteiger partial charge in [0.1, 0.15) is 5.76 Å². The van der Waals surface area contributed by atoms with Crippen molar-refractivity contribution in [3.8, 4) is 0 Å². The fourth-order valence-electron chi connectivity index (χ4n) is 2.25. The molecule has 0 unspecified atom stereocenters. The van der Waals surface area contributed by atoms with Gasteiger partial charge in [0.15, 0.2) is 5.76 Å². The van der Waals surface area contributed by atoms with Crippen LogP contribution >= 0.6 is 0 Å². The number of nitrogens with zero attached hydrogens (tertiary/aromatic N) is 2. The Kier molecular flexibility index (Phi) is 3.31. The Hall–Kier alpha value is -2.82. The maximum Gasteiger partial charge on any atom is 0.307 e. The number of hydrogen-bond acceptors (Lipinski definition) is 3. The highest BCUT2D eigenvalue weighted by atomic mass is 16.3. The van der Waals surface area contributed by atoms with Crippen LogP contribution in [0.1, 0.15) is 21.9 Å². The van der Waals surface area contributed by atoms with Crippen LogP contribution in [0.2, 0.25) is 0 Å². The van der Waals surface area contributed by atoms with Gasteiger partial charge < -0.3 is 8.98 Å². The first kappa shape index (κ1) is 13.2. The van der Waals surface area contributed by atoms with Crippen LogP contribution in [0.4, 0.5) is 0 Å². The van der Waals surface area contributed by atoms with Crippen LogP contribution in [-0.4, -0.2) is 16.7 Å². The number of carbonyl (C=O) groups is 1. The zero-order chi connectivity index (χ0) is 14.8. The number of carbonyl (C=O) groups excluding carboxylic acids is 1. The molecule has 0 aliphatic carbocycles. The molecule has 0 aliphatic rings. The van der Waals surface area contributed by atoms with Gasteiger partial charge in [-0.25, -0.2) is 5.43 Å². The number of hydrogen-bond donors (Lipinski definition) is 1. The molecule has 1 amide bonds. The molecule has 2 heterocycles. The molecule has 3 aromatic rings. The molecule has 5 nitrogen and oxygen atoms in total. The summed E-state index contributed by atoms with van der Waals surface area (Å²) in [6.07, 6.45) is 3.60. The van der Waals surface area contributed by atoms with E-state index in [2.05, 4.69) is 10.5 Å². The number of benzene rings is 1. The summed E-state index contributed by atoms with van der Waals surface area (Å²) < 4.78 is 7.25. The average Bonchev–Trinajstić information content (AvgIpc) is 3.04. The Morgan fingerprint density at radius 1 is 1.29 bits per heavy atom. The summed E-state index contributed by atoms with van der Waals surface area (Å²) in [5.74, 6) is 0.584. The third-order valence-corrected chi connectivity index (χ3v) is 3.26. The molecule has 0 bridgehead atoms. The summed E-state index contributed by atoms with van der Waals surface area (Å²) in [4.78, 5) is 11.8. The van der Waals surface area contributed by atoms with Crippen molar-refractivity contribution in [1.29, 1.82) is 0 Å². The van der Waals surface area contributed by atoms with Crippen molar-refractivity contribution in [2.75, 3.05) is 0 Å². The van der Waals surface area contributed by atoms with E-state index in [1.54, 1.807) is 25.3 Å². The number of hydrazone groups is 1. The highest BCUT2D eigenvalue weighted by Gasteiger charge is 2.08. The molecule has 0 aliphatic heterocycles. The van der Waals surface area contributed by atoms with Crippen LogP contribution < -0.4 is 5.43 Å². The van der Waals surface area contributed by atoms with Gasteiger partial charge in [-0.15, -0.1) is 0 Å². The van der Waals surface area contributed by atoms with Gasteiger partial charge in [-0.3, -0.25) is 4.79 Å². The lowest BCUT2D eigenvalue weighted by Gasteiger charge is -1.95. The van der Waals surface area contributed by atoms with E-state index < -0.39 is 0 Å². The molecule has 0 atom stereocenters. The predicted molar refractivity (Wildman–Crippen MR) is 81.4 cm³/mol. The van der Waals surface area contributed by atoms with Crippen molar-refractivity contribution in [2.24, 2.45) is 12.1 Å². The van der Waals surface area contributed by atoms with E-state index in [1.165, 1.54) is 0 Å². The van der Waals surface area contributed by atoms with Gasteiger partial charge in [0.25, 0.3) is 0 Å².